The third-order valence-corrected chi connectivity index (χ3v) is 4.73. The third kappa shape index (κ3) is 4.19. The first-order valence-corrected chi connectivity index (χ1v) is 8.26. The van der Waals surface area contributed by atoms with E-state index in [1.54, 1.807) is 0 Å². The summed E-state index contributed by atoms with van der Waals surface area (Å²) in [5, 5.41) is 12.9. The predicted octanol–water partition coefficient (Wildman–Crippen LogP) is 1.30. The highest BCUT2D eigenvalue weighted by Crippen LogP contribution is 2.22. The van der Waals surface area contributed by atoms with Gasteiger partial charge in [0.1, 0.15) is 0 Å². The maximum atomic E-state index is 12.3. The Hall–Kier alpha value is -1.10. The highest BCUT2D eigenvalue weighted by Gasteiger charge is 2.31. The molecule has 1 aliphatic carbocycles. The number of carbonyl (C=O) groups excluding carboxylic acids is 2. The Bertz CT molecular complexity index is 376. The van der Waals surface area contributed by atoms with E-state index in [4.69, 9.17) is 0 Å². The SMILES string of the molecule is CC(C)C(=O)N1CCC(C(=O)N[C@H]2CCCC[C@@H]2O)CC1. The zero-order chi connectivity index (χ0) is 15.4. The quantitative estimate of drug-likeness (QED) is 0.825. The second-order valence-electron chi connectivity index (χ2n) is 6.72. The molecule has 1 aliphatic heterocycles. The predicted molar refractivity (Wildman–Crippen MR) is 80.5 cm³/mol. The number of nitrogens with one attached hydrogen (secondary N) is 1. The van der Waals surface area contributed by atoms with Crippen molar-refractivity contribution in [3.63, 3.8) is 0 Å². The molecule has 2 fully saturated rings. The molecule has 2 rings (SSSR count). The van der Waals surface area contributed by atoms with E-state index >= 15 is 0 Å². The number of hydrogen-bond acceptors (Lipinski definition) is 3. The summed E-state index contributed by atoms with van der Waals surface area (Å²) in [5.74, 6) is 0.234. The second-order valence-corrected chi connectivity index (χ2v) is 6.72. The van der Waals surface area contributed by atoms with Crippen molar-refractivity contribution in [2.75, 3.05) is 13.1 Å². The minimum Gasteiger partial charge on any atom is -0.391 e. The lowest BCUT2D eigenvalue weighted by atomic mass is 9.90. The average molecular weight is 296 g/mol. The summed E-state index contributed by atoms with van der Waals surface area (Å²) < 4.78 is 0. The van der Waals surface area contributed by atoms with Crippen molar-refractivity contribution in [2.24, 2.45) is 11.8 Å². The Balaban J connectivity index is 1.79. The van der Waals surface area contributed by atoms with Gasteiger partial charge >= 0.3 is 0 Å². The maximum absolute atomic E-state index is 12.3. The Morgan fingerprint density at radius 2 is 1.71 bits per heavy atom. The van der Waals surface area contributed by atoms with Crippen molar-refractivity contribution in [1.29, 1.82) is 0 Å². The van der Waals surface area contributed by atoms with Gasteiger partial charge < -0.3 is 15.3 Å². The smallest absolute Gasteiger partial charge is 0.225 e. The highest BCUT2D eigenvalue weighted by atomic mass is 16.3. The number of amides is 2. The van der Waals surface area contributed by atoms with Crippen molar-refractivity contribution in [2.45, 2.75) is 64.5 Å². The molecule has 0 aromatic rings. The monoisotopic (exact) mass is 296 g/mol. The summed E-state index contributed by atoms with van der Waals surface area (Å²) in [6.07, 6.45) is 4.83. The van der Waals surface area contributed by atoms with Crippen LogP contribution in [0.1, 0.15) is 52.4 Å². The van der Waals surface area contributed by atoms with Gasteiger partial charge in [-0.25, -0.2) is 0 Å². The number of piperidine rings is 1. The summed E-state index contributed by atoms with van der Waals surface area (Å²) in [7, 11) is 0. The normalized spacial score (nSPS) is 27.7. The van der Waals surface area contributed by atoms with Crippen molar-refractivity contribution in [3.05, 3.63) is 0 Å². The van der Waals surface area contributed by atoms with Gasteiger partial charge in [0.05, 0.1) is 12.1 Å². The standard InChI is InChI=1S/C16H28N2O3/c1-11(2)16(21)18-9-7-12(8-10-18)15(20)17-13-5-3-4-6-14(13)19/h11-14,19H,3-10H2,1-2H3,(H,17,20)/t13-,14-/m0/s1. The molecule has 0 spiro atoms. The van der Waals surface area contributed by atoms with E-state index in [9.17, 15) is 14.7 Å². The topological polar surface area (TPSA) is 69.6 Å². The molecule has 2 atom stereocenters. The number of carbonyl (C=O) groups is 2. The molecule has 120 valence electrons. The van der Waals surface area contributed by atoms with Crippen LogP contribution in [0.5, 0.6) is 0 Å². The van der Waals surface area contributed by atoms with Crippen molar-refractivity contribution >= 4 is 11.8 Å². The Kier molecular flexibility index (Phi) is 5.62. The zero-order valence-corrected chi connectivity index (χ0v) is 13.2. The molecule has 1 saturated carbocycles. The first kappa shape index (κ1) is 16.3. The van der Waals surface area contributed by atoms with Crippen LogP contribution in [-0.2, 0) is 9.59 Å². The van der Waals surface area contributed by atoms with E-state index in [2.05, 4.69) is 5.32 Å². The van der Waals surface area contributed by atoms with Gasteiger partial charge in [-0.1, -0.05) is 26.7 Å². The van der Waals surface area contributed by atoms with Gasteiger partial charge in [-0.05, 0) is 25.7 Å². The van der Waals surface area contributed by atoms with Gasteiger partial charge in [-0.3, -0.25) is 9.59 Å². The molecular weight excluding hydrogens is 268 g/mol. The molecule has 0 bridgehead atoms. The summed E-state index contributed by atoms with van der Waals surface area (Å²) in [5.41, 5.74) is 0. The fourth-order valence-electron chi connectivity index (χ4n) is 3.31. The largest absolute Gasteiger partial charge is 0.391 e. The van der Waals surface area contributed by atoms with Gasteiger partial charge in [0, 0.05) is 24.9 Å². The van der Waals surface area contributed by atoms with Crippen LogP contribution in [0.4, 0.5) is 0 Å². The summed E-state index contributed by atoms with van der Waals surface area (Å²) >= 11 is 0. The van der Waals surface area contributed by atoms with E-state index in [0.717, 1.165) is 38.5 Å². The van der Waals surface area contributed by atoms with E-state index in [1.807, 2.05) is 18.7 Å². The van der Waals surface area contributed by atoms with Crippen LogP contribution in [0.15, 0.2) is 0 Å². The van der Waals surface area contributed by atoms with Gasteiger partial charge in [-0.2, -0.15) is 0 Å². The number of aliphatic hydroxyl groups is 1. The Morgan fingerprint density at radius 1 is 1.10 bits per heavy atom. The van der Waals surface area contributed by atoms with Crippen LogP contribution in [0.2, 0.25) is 0 Å². The van der Waals surface area contributed by atoms with E-state index in [-0.39, 0.29) is 29.7 Å². The molecule has 0 unspecified atom stereocenters. The first-order chi connectivity index (χ1) is 9.99. The van der Waals surface area contributed by atoms with Crippen molar-refractivity contribution < 1.29 is 14.7 Å². The lowest BCUT2D eigenvalue weighted by Crippen LogP contribution is -2.49. The van der Waals surface area contributed by atoms with Crippen molar-refractivity contribution in [3.8, 4) is 0 Å². The molecule has 2 aliphatic rings. The molecule has 0 aromatic heterocycles. The minimum atomic E-state index is -0.398. The van der Waals surface area contributed by atoms with E-state index in [1.165, 1.54) is 0 Å². The second kappa shape index (κ2) is 7.25. The zero-order valence-electron chi connectivity index (χ0n) is 13.2. The van der Waals surface area contributed by atoms with E-state index < -0.39 is 6.10 Å². The van der Waals surface area contributed by atoms with Crippen molar-refractivity contribution in [1.82, 2.24) is 10.2 Å². The number of nitrogens with zero attached hydrogens (tertiary/aromatic N) is 1. The van der Waals surface area contributed by atoms with Crippen LogP contribution in [0, 0.1) is 11.8 Å². The molecule has 2 amide bonds. The van der Waals surface area contributed by atoms with Gasteiger partial charge in [-0.15, -0.1) is 0 Å². The minimum absolute atomic E-state index is 0.0182. The molecule has 1 heterocycles. The van der Waals surface area contributed by atoms with Crippen LogP contribution in [0.3, 0.4) is 0 Å². The summed E-state index contributed by atoms with van der Waals surface area (Å²) in [6, 6.07) is -0.0819. The van der Waals surface area contributed by atoms with Gasteiger partial charge in [0.15, 0.2) is 0 Å². The lowest BCUT2D eigenvalue weighted by Gasteiger charge is -2.34. The Morgan fingerprint density at radius 3 is 2.29 bits per heavy atom. The summed E-state index contributed by atoms with van der Waals surface area (Å²) in [6.45, 7) is 5.15. The van der Waals surface area contributed by atoms with Crippen LogP contribution < -0.4 is 5.32 Å². The number of rotatable bonds is 3. The first-order valence-electron chi connectivity index (χ1n) is 8.26. The van der Waals surface area contributed by atoms with Gasteiger partial charge in [0.2, 0.25) is 11.8 Å². The van der Waals surface area contributed by atoms with Crippen LogP contribution in [0.25, 0.3) is 0 Å². The summed E-state index contributed by atoms with van der Waals surface area (Å²) in [4.78, 5) is 26.1. The van der Waals surface area contributed by atoms with Gasteiger partial charge in [0.25, 0.3) is 0 Å². The molecule has 2 N–H and O–H groups in total. The molecule has 21 heavy (non-hydrogen) atoms. The molecular formula is C16H28N2O3. The average Bonchev–Trinajstić information content (AvgIpc) is 2.49. The van der Waals surface area contributed by atoms with E-state index in [0.29, 0.717) is 13.1 Å². The third-order valence-electron chi connectivity index (χ3n) is 4.73. The lowest BCUT2D eigenvalue weighted by molar-refractivity contribution is -0.138. The van der Waals surface area contributed by atoms with Crippen LogP contribution in [-0.4, -0.2) is 47.1 Å². The highest BCUT2D eigenvalue weighted by molar-refractivity contribution is 5.81. The fourth-order valence-corrected chi connectivity index (χ4v) is 3.31. The maximum Gasteiger partial charge on any atom is 0.225 e. The number of hydrogen-bond donors (Lipinski definition) is 2. The fraction of sp³-hybridized carbons (Fsp3) is 0.875. The van der Waals surface area contributed by atoms with Crippen LogP contribution >= 0.6 is 0 Å². The molecule has 5 heteroatoms. The molecule has 1 saturated heterocycles. The molecule has 0 aromatic carbocycles. The number of likely N-dealkylation sites (tertiary alicyclic amines) is 1. The molecule has 5 nitrogen and oxygen atoms in total. The molecule has 0 radical (unpaired) electrons. The number of aliphatic hydroxyl groups excluding tert-OH is 1. The Labute approximate surface area is 127 Å².